The molecule has 0 spiro atoms. The summed E-state index contributed by atoms with van der Waals surface area (Å²) in [6.45, 7) is 2.08. The fraction of sp³-hybridized carbons (Fsp3) is 0.471. The number of amides is 1. The Balaban J connectivity index is 1.92. The zero-order chi connectivity index (χ0) is 14.1. The largest absolute Gasteiger partial charge is 0.357 e. The summed E-state index contributed by atoms with van der Waals surface area (Å²) < 4.78 is 5.65. The molecule has 0 aromatic heterocycles. The van der Waals surface area contributed by atoms with Crippen LogP contribution in [0.4, 0.5) is 0 Å². The Morgan fingerprint density at radius 3 is 2.60 bits per heavy atom. The van der Waals surface area contributed by atoms with Gasteiger partial charge in [0.1, 0.15) is 0 Å². The Labute approximate surface area is 120 Å². The molecular formula is C17H21NO2. The molecule has 1 amide bonds. The molecule has 1 aromatic carbocycles. The minimum absolute atomic E-state index is 0.0410. The highest BCUT2D eigenvalue weighted by Crippen LogP contribution is 2.40. The molecule has 0 radical (unpaired) electrons. The Kier molecular flexibility index (Phi) is 3.62. The van der Waals surface area contributed by atoms with Crippen LogP contribution < -0.4 is 0 Å². The van der Waals surface area contributed by atoms with Crippen molar-refractivity contribution in [2.75, 3.05) is 7.11 Å². The molecule has 0 saturated heterocycles. The molecule has 2 aliphatic rings. The van der Waals surface area contributed by atoms with Crippen LogP contribution in [0.1, 0.15) is 44.2 Å². The predicted octanol–water partition coefficient (Wildman–Crippen LogP) is 3.43. The monoisotopic (exact) mass is 271 g/mol. The number of rotatable bonds is 3. The Bertz CT molecular complexity index is 535. The topological polar surface area (TPSA) is 29.5 Å². The highest BCUT2D eigenvalue weighted by Gasteiger charge is 2.42. The number of hydrogen-bond acceptors (Lipinski definition) is 2. The second kappa shape index (κ2) is 5.41. The molecule has 0 unspecified atom stereocenters. The highest BCUT2D eigenvalue weighted by molar-refractivity contribution is 5.98. The van der Waals surface area contributed by atoms with Gasteiger partial charge in [-0.3, -0.25) is 4.79 Å². The van der Waals surface area contributed by atoms with Crippen LogP contribution in [0.2, 0.25) is 0 Å². The highest BCUT2D eigenvalue weighted by atomic mass is 16.5. The first-order valence-corrected chi connectivity index (χ1v) is 7.36. The van der Waals surface area contributed by atoms with E-state index in [-0.39, 0.29) is 18.2 Å². The Morgan fingerprint density at radius 1 is 1.20 bits per heavy atom. The molecule has 0 N–H and O–H groups in total. The van der Waals surface area contributed by atoms with Crippen molar-refractivity contribution < 1.29 is 9.53 Å². The van der Waals surface area contributed by atoms with Crippen molar-refractivity contribution in [1.82, 2.24) is 4.90 Å². The van der Waals surface area contributed by atoms with Gasteiger partial charge in [-0.2, -0.15) is 0 Å². The van der Waals surface area contributed by atoms with E-state index >= 15 is 0 Å². The number of hydrogen-bond donors (Lipinski definition) is 0. The molecule has 0 bridgehead atoms. The van der Waals surface area contributed by atoms with E-state index in [1.807, 2.05) is 23.1 Å². The van der Waals surface area contributed by atoms with Gasteiger partial charge in [-0.05, 0) is 43.7 Å². The first-order valence-electron chi connectivity index (χ1n) is 7.36. The summed E-state index contributed by atoms with van der Waals surface area (Å²) in [6.07, 6.45) is 4.02. The van der Waals surface area contributed by atoms with Gasteiger partial charge >= 0.3 is 0 Å². The lowest BCUT2D eigenvalue weighted by Crippen LogP contribution is -2.38. The van der Waals surface area contributed by atoms with Gasteiger partial charge in [0.2, 0.25) is 0 Å². The third-order valence-corrected chi connectivity index (χ3v) is 4.48. The van der Waals surface area contributed by atoms with Crippen molar-refractivity contribution in [3.8, 4) is 0 Å². The number of carbonyl (C=O) groups excluding carboxylic acids is 1. The lowest BCUT2D eigenvalue weighted by molar-refractivity contribution is -0.137. The molecule has 20 heavy (non-hydrogen) atoms. The molecule has 3 heteroatoms. The van der Waals surface area contributed by atoms with Crippen LogP contribution in [0.3, 0.4) is 0 Å². The first-order chi connectivity index (χ1) is 9.74. The summed E-state index contributed by atoms with van der Waals surface area (Å²) in [5.74, 6) is 0.169. The van der Waals surface area contributed by atoms with Gasteiger partial charge in [0.05, 0.1) is 6.04 Å². The van der Waals surface area contributed by atoms with Gasteiger partial charge in [0, 0.05) is 12.7 Å². The van der Waals surface area contributed by atoms with E-state index in [4.69, 9.17) is 4.74 Å². The van der Waals surface area contributed by atoms with Gasteiger partial charge in [-0.25, -0.2) is 0 Å². The van der Waals surface area contributed by atoms with Gasteiger partial charge in [-0.15, -0.1) is 0 Å². The molecule has 1 aliphatic carbocycles. The van der Waals surface area contributed by atoms with Crippen LogP contribution in [0, 0.1) is 0 Å². The lowest BCUT2D eigenvalue weighted by atomic mass is 9.93. The van der Waals surface area contributed by atoms with Gasteiger partial charge in [0.25, 0.3) is 5.91 Å². The van der Waals surface area contributed by atoms with Crippen molar-refractivity contribution in [3.05, 3.63) is 47.0 Å². The zero-order valence-electron chi connectivity index (χ0n) is 12.1. The zero-order valence-corrected chi connectivity index (χ0v) is 12.1. The van der Waals surface area contributed by atoms with E-state index in [0.717, 1.165) is 30.4 Å². The summed E-state index contributed by atoms with van der Waals surface area (Å²) in [4.78, 5) is 14.6. The SMILES string of the molecule is CO[C@H]1C2=C(CCCC2)C(=O)N1[C@@H](C)c1ccccc1. The van der Waals surface area contributed by atoms with Crippen molar-refractivity contribution >= 4 is 5.91 Å². The Hall–Kier alpha value is -1.61. The van der Waals surface area contributed by atoms with Crippen molar-refractivity contribution in [3.63, 3.8) is 0 Å². The first kappa shape index (κ1) is 13.4. The average molecular weight is 271 g/mol. The maximum absolute atomic E-state index is 12.7. The van der Waals surface area contributed by atoms with E-state index in [0.29, 0.717) is 0 Å². The molecule has 0 fully saturated rings. The Morgan fingerprint density at radius 2 is 1.90 bits per heavy atom. The number of carbonyl (C=O) groups is 1. The number of ether oxygens (including phenoxy) is 1. The van der Waals surface area contributed by atoms with Crippen LogP contribution >= 0.6 is 0 Å². The molecule has 3 nitrogen and oxygen atoms in total. The number of methoxy groups -OCH3 is 1. The molecule has 1 aliphatic heterocycles. The standard InChI is InChI=1S/C17H21NO2/c1-12(13-8-4-3-5-9-13)18-16(19)14-10-6-7-11-15(14)17(18)20-2/h3-5,8-9,12,17H,6-7,10-11H2,1-2H3/t12-,17-/m0/s1. The fourth-order valence-electron chi connectivity index (χ4n) is 3.40. The van der Waals surface area contributed by atoms with Gasteiger partial charge in [0.15, 0.2) is 6.23 Å². The third kappa shape index (κ3) is 2.06. The summed E-state index contributed by atoms with van der Waals surface area (Å²) >= 11 is 0. The quantitative estimate of drug-likeness (QED) is 0.843. The molecule has 1 heterocycles. The second-order valence-electron chi connectivity index (χ2n) is 5.60. The van der Waals surface area contributed by atoms with Crippen molar-refractivity contribution in [1.29, 1.82) is 0 Å². The van der Waals surface area contributed by atoms with Gasteiger partial charge < -0.3 is 9.64 Å². The minimum Gasteiger partial charge on any atom is -0.357 e. The molecule has 2 atom stereocenters. The normalized spacial score (nSPS) is 24.0. The van der Waals surface area contributed by atoms with Gasteiger partial charge in [-0.1, -0.05) is 30.3 Å². The van der Waals surface area contributed by atoms with E-state index in [9.17, 15) is 4.79 Å². The molecule has 3 rings (SSSR count). The molecular weight excluding hydrogens is 250 g/mol. The van der Waals surface area contributed by atoms with Crippen LogP contribution in [-0.2, 0) is 9.53 Å². The smallest absolute Gasteiger partial charge is 0.252 e. The van der Waals surface area contributed by atoms with E-state index in [2.05, 4.69) is 19.1 Å². The van der Waals surface area contributed by atoms with E-state index < -0.39 is 0 Å². The van der Waals surface area contributed by atoms with Crippen LogP contribution in [0.15, 0.2) is 41.5 Å². The summed E-state index contributed by atoms with van der Waals surface area (Å²) in [5.41, 5.74) is 3.38. The molecule has 1 aromatic rings. The van der Waals surface area contributed by atoms with E-state index in [1.165, 1.54) is 12.0 Å². The van der Waals surface area contributed by atoms with Crippen LogP contribution in [-0.4, -0.2) is 24.1 Å². The number of nitrogens with zero attached hydrogens (tertiary/aromatic N) is 1. The van der Waals surface area contributed by atoms with Crippen LogP contribution in [0.5, 0.6) is 0 Å². The van der Waals surface area contributed by atoms with Crippen molar-refractivity contribution in [2.24, 2.45) is 0 Å². The molecule has 106 valence electrons. The maximum atomic E-state index is 12.7. The molecule has 0 saturated carbocycles. The lowest BCUT2D eigenvalue weighted by Gasteiger charge is -2.31. The fourth-order valence-corrected chi connectivity index (χ4v) is 3.40. The van der Waals surface area contributed by atoms with Crippen LogP contribution in [0.25, 0.3) is 0 Å². The summed E-state index contributed by atoms with van der Waals surface area (Å²) in [5, 5.41) is 0. The number of benzene rings is 1. The summed E-state index contributed by atoms with van der Waals surface area (Å²) in [6, 6.07) is 10.2. The maximum Gasteiger partial charge on any atom is 0.252 e. The second-order valence-corrected chi connectivity index (χ2v) is 5.60. The van der Waals surface area contributed by atoms with Crippen molar-refractivity contribution in [2.45, 2.75) is 44.9 Å². The summed E-state index contributed by atoms with van der Waals surface area (Å²) in [7, 11) is 1.70. The minimum atomic E-state index is -0.173. The third-order valence-electron chi connectivity index (χ3n) is 4.48. The predicted molar refractivity (Wildman–Crippen MR) is 78.0 cm³/mol. The average Bonchev–Trinajstić information content (AvgIpc) is 2.80. The van der Waals surface area contributed by atoms with E-state index in [1.54, 1.807) is 7.11 Å².